The quantitative estimate of drug-likeness (QED) is 0.312. The maximum atomic E-state index is 12.4. The molecule has 0 aromatic heterocycles. The van der Waals surface area contributed by atoms with Gasteiger partial charge in [0, 0.05) is 18.3 Å². The molecule has 3 aromatic rings. The zero-order valence-corrected chi connectivity index (χ0v) is 17.7. The molecule has 30 heavy (non-hydrogen) atoms. The van der Waals surface area contributed by atoms with Crippen LogP contribution in [-0.4, -0.2) is 23.8 Å². The minimum absolute atomic E-state index is 0.0661. The lowest BCUT2D eigenvalue weighted by Crippen LogP contribution is -2.23. The summed E-state index contributed by atoms with van der Waals surface area (Å²) in [5.74, 6) is 1.50. The number of benzene rings is 3. The summed E-state index contributed by atoms with van der Waals surface area (Å²) in [7, 11) is 1.58. The van der Waals surface area contributed by atoms with E-state index in [0.717, 1.165) is 11.3 Å². The smallest absolute Gasteiger partial charge is 0.313 e. The summed E-state index contributed by atoms with van der Waals surface area (Å²) in [6.45, 7) is 2.23. The lowest BCUT2D eigenvalue weighted by atomic mass is 10.2. The van der Waals surface area contributed by atoms with Gasteiger partial charge in [-0.1, -0.05) is 35.9 Å². The normalized spacial score (nSPS) is 10.3. The van der Waals surface area contributed by atoms with Crippen LogP contribution in [0.25, 0.3) is 0 Å². The molecule has 0 aliphatic heterocycles. The largest absolute Gasteiger partial charge is 0.497 e. The topological polar surface area (TPSA) is 65.1 Å². The number of carbonyl (C=O) groups excluding carboxylic acids is 1. The Balaban J connectivity index is 1.63. The highest BCUT2D eigenvalue weighted by molar-refractivity contribution is 7.67. The summed E-state index contributed by atoms with van der Waals surface area (Å²) in [5, 5.41) is 0. The standard InChI is InChI=1S/C23H23NO5S/c1-17-10-12-18(13-11-17)24(30-26)15-14-23(25)29-22-9-4-3-8-21(22)28-20-7-5-6-19(16-20)27-2/h3-13,16,30H,14-15H2,1-2H3. The van der Waals surface area contributed by atoms with E-state index in [9.17, 15) is 9.00 Å². The molecule has 0 heterocycles. The second kappa shape index (κ2) is 10.5. The molecule has 0 radical (unpaired) electrons. The Morgan fingerprint density at radius 1 is 0.933 bits per heavy atom. The third-order valence-corrected chi connectivity index (χ3v) is 4.93. The predicted octanol–water partition coefficient (Wildman–Crippen LogP) is 4.46. The van der Waals surface area contributed by atoms with E-state index in [1.54, 1.807) is 47.8 Å². The van der Waals surface area contributed by atoms with Crippen LogP contribution >= 0.6 is 0 Å². The Bertz CT molecular complexity index is 1010. The van der Waals surface area contributed by atoms with Gasteiger partial charge in [0.2, 0.25) is 0 Å². The minimum atomic E-state index is -0.447. The van der Waals surface area contributed by atoms with Crippen molar-refractivity contribution in [2.75, 3.05) is 18.0 Å². The number of rotatable bonds is 9. The Hall–Kier alpha value is -3.32. The van der Waals surface area contributed by atoms with Gasteiger partial charge in [-0.15, -0.1) is 0 Å². The van der Waals surface area contributed by atoms with Crippen molar-refractivity contribution in [3.8, 4) is 23.0 Å². The average molecular weight is 426 g/mol. The molecule has 7 heteroatoms. The van der Waals surface area contributed by atoms with Gasteiger partial charge in [-0.25, -0.2) is 4.21 Å². The molecule has 0 fully saturated rings. The number of hydrogen-bond acceptors (Lipinski definition) is 5. The van der Waals surface area contributed by atoms with Crippen molar-refractivity contribution in [3.05, 3.63) is 78.4 Å². The third-order valence-electron chi connectivity index (χ3n) is 4.30. The maximum Gasteiger partial charge on any atom is 0.313 e. The summed E-state index contributed by atoms with van der Waals surface area (Å²) in [6.07, 6.45) is 0.0661. The second-order valence-electron chi connectivity index (χ2n) is 6.49. The number of anilines is 1. The van der Waals surface area contributed by atoms with Gasteiger partial charge in [0.05, 0.1) is 13.5 Å². The lowest BCUT2D eigenvalue weighted by molar-refractivity contribution is -0.134. The van der Waals surface area contributed by atoms with Crippen LogP contribution in [0.15, 0.2) is 72.8 Å². The molecule has 0 amide bonds. The highest BCUT2D eigenvalue weighted by Gasteiger charge is 2.13. The SMILES string of the molecule is COc1cccc(Oc2ccccc2OC(=O)CCN([SH]=O)c2ccc(C)cc2)c1. The van der Waals surface area contributed by atoms with E-state index in [4.69, 9.17) is 14.2 Å². The third kappa shape index (κ3) is 5.84. The summed E-state index contributed by atoms with van der Waals surface area (Å²) >= 11 is -0.184. The van der Waals surface area contributed by atoms with Gasteiger partial charge in [-0.05, 0) is 43.3 Å². The summed E-state index contributed by atoms with van der Waals surface area (Å²) < 4.78 is 29.6. The number of methoxy groups -OCH3 is 1. The van der Waals surface area contributed by atoms with E-state index in [-0.39, 0.29) is 24.8 Å². The van der Waals surface area contributed by atoms with Crippen LogP contribution < -0.4 is 18.5 Å². The molecular formula is C23H23NO5S. The Kier molecular flexibility index (Phi) is 7.45. The van der Waals surface area contributed by atoms with Gasteiger partial charge in [0.25, 0.3) is 0 Å². The lowest BCUT2D eigenvalue weighted by Gasteiger charge is -2.17. The molecule has 0 saturated heterocycles. The number of carbonyl (C=O) groups is 1. The fraction of sp³-hybridized carbons (Fsp3) is 0.174. The molecule has 0 saturated carbocycles. The minimum Gasteiger partial charge on any atom is -0.497 e. The molecule has 6 nitrogen and oxygen atoms in total. The van der Waals surface area contributed by atoms with E-state index in [0.29, 0.717) is 23.0 Å². The number of ether oxygens (including phenoxy) is 3. The molecule has 0 aliphatic rings. The molecule has 3 rings (SSSR count). The molecule has 0 aliphatic carbocycles. The highest BCUT2D eigenvalue weighted by atomic mass is 32.2. The van der Waals surface area contributed by atoms with Crippen LogP contribution in [0.1, 0.15) is 12.0 Å². The van der Waals surface area contributed by atoms with Gasteiger partial charge in [-0.3, -0.25) is 9.10 Å². The molecule has 0 spiro atoms. The molecular weight excluding hydrogens is 402 g/mol. The van der Waals surface area contributed by atoms with Gasteiger partial charge < -0.3 is 14.2 Å². The van der Waals surface area contributed by atoms with Crippen LogP contribution in [0.5, 0.6) is 23.0 Å². The second-order valence-corrected chi connectivity index (χ2v) is 7.14. The Morgan fingerprint density at radius 2 is 1.63 bits per heavy atom. The number of para-hydroxylation sites is 2. The fourth-order valence-electron chi connectivity index (χ4n) is 2.72. The van der Waals surface area contributed by atoms with Crippen LogP contribution in [0.4, 0.5) is 5.69 Å². The van der Waals surface area contributed by atoms with Crippen LogP contribution in [-0.2, 0) is 16.6 Å². The number of hydrogen-bond donors (Lipinski definition) is 1. The molecule has 3 aromatic carbocycles. The van der Waals surface area contributed by atoms with Crippen molar-refractivity contribution in [3.63, 3.8) is 0 Å². The van der Waals surface area contributed by atoms with Crippen molar-refractivity contribution in [2.45, 2.75) is 13.3 Å². The van der Waals surface area contributed by atoms with Crippen molar-refractivity contribution < 1.29 is 23.2 Å². The van der Waals surface area contributed by atoms with E-state index in [2.05, 4.69) is 0 Å². The van der Waals surface area contributed by atoms with E-state index in [1.807, 2.05) is 43.3 Å². The Morgan fingerprint density at radius 3 is 2.33 bits per heavy atom. The van der Waals surface area contributed by atoms with Crippen LogP contribution in [0, 0.1) is 6.92 Å². The number of esters is 1. The molecule has 0 unspecified atom stereocenters. The summed E-state index contributed by atoms with van der Waals surface area (Å²) in [5.41, 5.74) is 1.88. The fourth-order valence-corrected chi connectivity index (χ4v) is 3.12. The zero-order chi connectivity index (χ0) is 21.3. The van der Waals surface area contributed by atoms with Gasteiger partial charge >= 0.3 is 5.97 Å². The van der Waals surface area contributed by atoms with Gasteiger partial charge in [0.1, 0.15) is 23.4 Å². The number of aryl methyl sites for hydroxylation is 1. The first-order valence-corrected chi connectivity index (χ1v) is 10.1. The first-order chi connectivity index (χ1) is 14.6. The number of thiol groups is 1. The molecule has 156 valence electrons. The van der Waals surface area contributed by atoms with Crippen molar-refractivity contribution in [1.82, 2.24) is 0 Å². The predicted molar refractivity (Wildman–Crippen MR) is 118 cm³/mol. The average Bonchev–Trinajstić information content (AvgIpc) is 2.77. The monoisotopic (exact) mass is 425 g/mol. The van der Waals surface area contributed by atoms with E-state index >= 15 is 0 Å². The molecule has 0 N–H and O–H groups in total. The van der Waals surface area contributed by atoms with Crippen LogP contribution in [0.3, 0.4) is 0 Å². The van der Waals surface area contributed by atoms with Crippen molar-refractivity contribution in [1.29, 1.82) is 0 Å². The first kappa shape index (κ1) is 21.4. The zero-order valence-electron chi connectivity index (χ0n) is 16.8. The molecule has 0 atom stereocenters. The van der Waals surface area contributed by atoms with Crippen molar-refractivity contribution >= 4 is 23.5 Å². The number of nitrogens with zero attached hydrogens (tertiary/aromatic N) is 1. The van der Waals surface area contributed by atoms with Gasteiger partial charge in [0.15, 0.2) is 11.5 Å². The summed E-state index contributed by atoms with van der Waals surface area (Å²) in [4.78, 5) is 12.4. The maximum absolute atomic E-state index is 12.4. The molecule has 0 bridgehead atoms. The first-order valence-electron chi connectivity index (χ1n) is 9.38. The highest BCUT2D eigenvalue weighted by Crippen LogP contribution is 2.32. The van der Waals surface area contributed by atoms with Crippen LogP contribution in [0.2, 0.25) is 0 Å². The van der Waals surface area contributed by atoms with Crippen molar-refractivity contribution in [2.24, 2.45) is 0 Å². The van der Waals surface area contributed by atoms with Gasteiger partial charge in [-0.2, -0.15) is 0 Å². The van der Waals surface area contributed by atoms with E-state index < -0.39 is 5.97 Å². The van der Waals surface area contributed by atoms with E-state index in [1.165, 1.54) is 0 Å². The summed E-state index contributed by atoms with van der Waals surface area (Å²) in [6, 6.07) is 21.7. The Labute approximate surface area is 179 Å².